The highest BCUT2D eigenvalue weighted by atomic mass is 17.0. The Bertz CT molecular complexity index is 391. The van der Waals surface area contributed by atoms with Crippen LogP contribution in [0.5, 0.6) is 0 Å². The number of hydroxylamine groups is 2. The van der Waals surface area contributed by atoms with Crippen LogP contribution in [0.25, 0.3) is 0 Å². The topological polar surface area (TPSA) is 55.8 Å². The third-order valence-electron chi connectivity index (χ3n) is 2.10. The summed E-state index contributed by atoms with van der Waals surface area (Å²) in [5.41, 5.74) is 0.398. The van der Waals surface area contributed by atoms with Gasteiger partial charge in [-0.15, -0.1) is 0 Å². The molecule has 0 bridgehead atoms. The second-order valence-corrected chi connectivity index (χ2v) is 3.70. The molecule has 1 amide bonds. The zero-order valence-electron chi connectivity index (χ0n) is 10.6. The van der Waals surface area contributed by atoms with Gasteiger partial charge in [0.25, 0.3) is 0 Å². The van der Waals surface area contributed by atoms with Crippen LogP contribution in [0.4, 0.5) is 0 Å². The van der Waals surface area contributed by atoms with Crippen molar-refractivity contribution in [1.29, 1.82) is 0 Å². The summed E-state index contributed by atoms with van der Waals surface area (Å²) in [6.07, 6.45) is 1.70. The van der Waals surface area contributed by atoms with E-state index < -0.39 is 11.9 Å². The minimum atomic E-state index is -0.601. The number of rotatable bonds is 5. The highest BCUT2D eigenvalue weighted by molar-refractivity contribution is 5.93. The normalized spacial score (nSPS) is 9.89. The minimum absolute atomic E-state index is 0.322. The first-order chi connectivity index (χ1) is 8.65. The van der Waals surface area contributed by atoms with Crippen LogP contribution in [0, 0.1) is 0 Å². The summed E-state index contributed by atoms with van der Waals surface area (Å²) in [5, 5.41) is 0.646. The molecule has 0 fully saturated rings. The zero-order valence-corrected chi connectivity index (χ0v) is 10.6. The summed E-state index contributed by atoms with van der Waals surface area (Å²) >= 11 is 0. The third-order valence-corrected chi connectivity index (χ3v) is 2.10. The van der Waals surface area contributed by atoms with Gasteiger partial charge in [-0.25, -0.2) is 9.63 Å². The number of unbranched alkanes of at least 4 members (excludes halogenated alkanes) is 1. The largest absolute Gasteiger partial charge is 0.332 e. The van der Waals surface area contributed by atoms with Gasteiger partial charge in [0.2, 0.25) is 0 Å². The van der Waals surface area contributed by atoms with E-state index in [4.69, 9.17) is 9.68 Å². The van der Waals surface area contributed by atoms with Gasteiger partial charge in [-0.2, -0.15) is 0 Å². The molecule has 0 aliphatic heterocycles. The monoisotopic (exact) mass is 251 g/mol. The Morgan fingerprint density at radius 3 is 2.44 bits per heavy atom. The Morgan fingerprint density at radius 1 is 1.22 bits per heavy atom. The lowest BCUT2D eigenvalue weighted by atomic mass is 10.2. The molecular weight excluding hydrogens is 234 g/mol. The molecule has 1 rings (SSSR count). The second-order valence-electron chi connectivity index (χ2n) is 3.70. The molecule has 98 valence electrons. The van der Waals surface area contributed by atoms with Crippen molar-refractivity contribution in [3.63, 3.8) is 0 Å². The molecule has 0 heterocycles. The summed E-state index contributed by atoms with van der Waals surface area (Å²) in [6.45, 7) is 3.54. The molecular formula is C13H17NO4. The summed E-state index contributed by atoms with van der Waals surface area (Å²) < 4.78 is 0. The standard InChI is InChI=1S/C13H17NO4/c1-3-4-10-17-14(18-11(2)15)13(16)12-8-6-5-7-9-12/h5-9H,3-4,10H2,1-2H3. The van der Waals surface area contributed by atoms with Crippen LogP contribution in [-0.2, 0) is 14.5 Å². The van der Waals surface area contributed by atoms with Crippen LogP contribution < -0.4 is 0 Å². The molecule has 0 spiro atoms. The highest BCUT2D eigenvalue weighted by Crippen LogP contribution is 2.07. The molecule has 0 N–H and O–H groups in total. The second kappa shape index (κ2) is 7.45. The van der Waals surface area contributed by atoms with Crippen molar-refractivity contribution < 1.29 is 19.3 Å². The number of hydrogen-bond acceptors (Lipinski definition) is 4. The molecule has 1 aromatic rings. The van der Waals surface area contributed by atoms with E-state index in [-0.39, 0.29) is 0 Å². The molecule has 0 aliphatic rings. The van der Waals surface area contributed by atoms with E-state index in [1.807, 2.05) is 6.92 Å². The number of carbonyl (C=O) groups excluding carboxylic acids is 2. The average molecular weight is 251 g/mol. The lowest BCUT2D eigenvalue weighted by molar-refractivity contribution is -0.307. The maximum Gasteiger partial charge on any atom is 0.332 e. The Morgan fingerprint density at radius 2 is 1.89 bits per heavy atom. The van der Waals surface area contributed by atoms with E-state index in [0.29, 0.717) is 17.4 Å². The zero-order chi connectivity index (χ0) is 13.4. The predicted molar refractivity (Wildman–Crippen MR) is 65.2 cm³/mol. The van der Waals surface area contributed by atoms with Crippen molar-refractivity contribution in [3.8, 4) is 0 Å². The quantitative estimate of drug-likeness (QED) is 0.595. The molecule has 0 unspecified atom stereocenters. The number of carbonyl (C=O) groups is 2. The molecule has 5 nitrogen and oxygen atoms in total. The van der Waals surface area contributed by atoms with E-state index in [1.54, 1.807) is 30.3 Å². The molecule has 0 aromatic heterocycles. The third kappa shape index (κ3) is 4.55. The SMILES string of the molecule is CCCCON(OC(C)=O)C(=O)c1ccccc1. The van der Waals surface area contributed by atoms with Gasteiger partial charge in [0.05, 0.1) is 6.61 Å². The van der Waals surface area contributed by atoms with Gasteiger partial charge < -0.3 is 4.84 Å². The molecule has 0 aliphatic carbocycles. The Balaban J connectivity index is 2.69. The van der Waals surface area contributed by atoms with Crippen molar-refractivity contribution in [3.05, 3.63) is 35.9 Å². The predicted octanol–water partition coefficient (Wildman–Crippen LogP) is 2.34. The molecule has 0 radical (unpaired) electrons. The molecule has 18 heavy (non-hydrogen) atoms. The lowest BCUT2D eigenvalue weighted by Gasteiger charge is -2.18. The summed E-state index contributed by atoms with van der Waals surface area (Å²) in [5.74, 6) is -1.10. The maximum atomic E-state index is 12.0. The minimum Gasteiger partial charge on any atom is -0.312 e. The lowest BCUT2D eigenvalue weighted by Crippen LogP contribution is -2.33. The molecule has 0 saturated heterocycles. The van der Waals surface area contributed by atoms with Crippen molar-refractivity contribution in [2.75, 3.05) is 6.61 Å². The van der Waals surface area contributed by atoms with Gasteiger partial charge in [0.1, 0.15) is 0 Å². The highest BCUT2D eigenvalue weighted by Gasteiger charge is 2.19. The molecule has 0 atom stereocenters. The average Bonchev–Trinajstić information content (AvgIpc) is 2.37. The first-order valence-electron chi connectivity index (χ1n) is 5.86. The maximum absolute atomic E-state index is 12.0. The number of amides is 1. The van der Waals surface area contributed by atoms with Gasteiger partial charge in [-0.05, 0) is 23.8 Å². The van der Waals surface area contributed by atoms with Crippen molar-refractivity contribution in [1.82, 2.24) is 5.23 Å². The van der Waals surface area contributed by atoms with Crippen molar-refractivity contribution in [2.45, 2.75) is 26.7 Å². The van der Waals surface area contributed by atoms with Gasteiger partial charge in [0, 0.05) is 12.5 Å². The first kappa shape index (κ1) is 14.2. The van der Waals surface area contributed by atoms with E-state index in [1.165, 1.54) is 6.92 Å². The molecule has 0 saturated carbocycles. The van der Waals surface area contributed by atoms with Gasteiger partial charge >= 0.3 is 11.9 Å². The number of hydrogen-bond donors (Lipinski definition) is 0. The van der Waals surface area contributed by atoms with Gasteiger partial charge in [-0.1, -0.05) is 31.5 Å². The Hall–Kier alpha value is -1.88. The van der Waals surface area contributed by atoms with Gasteiger partial charge in [-0.3, -0.25) is 4.79 Å². The fraction of sp³-hybridized carbons (Fsp3) is 0.385. The van der Waals surface area contributed by atoms with E-state index in [0.717, 1.165) is 12.8 Å². The number of benzene rings is 1. The number of nitrogens with zero attached hydrogens (tertiary/aromatic N) is 1. The van der Waals surface area contributed by atoms with Crippen LogP contribution >= 0.6 is 0 Å². The van der Waals surface area contributed by atoms with E-state index >= 15 is 0 Å². The molecule has 1 aromatic carbocycles. The Kier molecular flexibility index (Phi) is 5.87. The fourth-order valence-corrected chi connectivity index (χ4v) is 1.22. The molecule has 5 heteroatoms. The first-order valence-corrected chi connectivity index (χ1v) is 5.86. The smallest absolute Gasteiger partial charge is 0.312 e. The fourth-order valence-electron chi connectivity index (χ4n) is 1.22. The Labute approximate surface area is 106 Å². The van der Waals surface area contributed by atoms with Crippen LogP contribution in [0.2, 0.25) is 0 Å². The van der Waals surface area contributed by atoms with Gasteiger partial charge in [0.15, 0.2) is 0 Å². The van der Waals surface area contributed by atoms with Crippen molar-refractivity contribution in [2.24, 2.45) is 0 Å². The van der Waals surface area contributed by atoms with Crippen LogP contribution in [0.1, 0.15) is 37.0 Å². The van der Waals surface area contributed by atoms with Crippen LogP contribution in [0.15, 0.2) is 30.3 Å². The summed E-state index contributed by atoms with van der Waals surface area (Å²) in [7, 11) is 0. The van der Waals surface area contributed by atoms with E-state index in [9.17, 15) is 9.59 Å². The van der Waals surface area contributed by atoms with Crippen LogP contribution in [0.3, 0.4) is 0 Å². The summed E-state index contributed by atoms with van der Waals surface area (Å²) in [6, 6.07) is 8.51. The van der Waals surface area contributed by atoms with Crippen molar-refractivity contribution >= 4 is 11.9 Å². The van der Waals surface area contributed by atoms with E-state index in [2.05, 4.69) is 0 Å². The summed E-state index contributed by atoms with van der Waals surface area (Å²) in [4.78, 5) is 32.8. The van der Waals surface area contributed by atoms with Crippen LogP contribution in [-0.4, -0.2) is 23.7 Å².